The van der Waals surface area contributed by atoms with E-state index in [9.17, 15) is 14.7 Å². The lowest BCUT2D eigenvalue weighted by atomic mass is 10.0. The molecule has 2 aromatic rings. The zero-order valence-electron chi connectivity index (χ0n) is 13.1. The Morgan fingerprint density at radius 2 is 2.13 bits per heavy atom. The number of benzene rings is 1. The molecular formula is C17H18N2O3S. The van der Waals surface area contributed by atoms with Crippen molar-refractivity contribution >= 4 is 23.2 Å². The van der Waals surface area contributed by atoms with Crippen molar-refractivity contribution in [3.63, 3.8) is 0 Å². The normalized spacial score (nSPS) is 17.5. The highest BCUT2D eigenvalue weighted by Gasteiger charge is 2.32. The third kappa shape index (κ3) is 2.99. The van der Waals surface area contributed by atoms with Crippen LogP contribution in [0.25, 0.3) is 0 Å². The number of hydrogen-bond acceptors (Lipinski definition) is 4. The van der Waals surface area contributed by atoms with E-state index in [2.05, 4.69) is 4.98 Å². The first-order valence-electron chi connectivity index (χ1n) is 7.54. The number of rotatable bonds is 3. The standard InChI is InChI=1S/C17H18N2O3S/c1-10-5-6-12(8-13(10)17(21)22)16(20)19-7-3-4-14(19)15-18-11(2)9-23-15/h5-6,8-9,14H,3-4,7H2,1-2H3,(H,21,22)/t14-/m1/s1. The molecule has 0 bridgehead atoms. The molecule has 1 atom stereocenters. The number of aryl methyl sites for hydroxylation is 2. The van der Waals surface area contributed by atoms with Crippen molar-refractivity contribution in [2.24, 2.45) is 0 Å². The molecule has 23 heavy (non-hydrogen) atoms. The first-order chi connectivity index (χ1) is 11.0. The summed E-state index contributed by atoms with van der Waals surface area (Å²) >= 11 is 1.57. The Kier molecular flexibility index (Phi) is 4.17. The number of carbonyl (C=O) groups is 2. The molecule has 1 aromatic heterocycles. The van der Waals surface area contributed by atoms with E-state index in [1.54, 1.807) is 30.4 Å². The number of carboxylic acid groups (broad SMARTS) is 1. The zero-order valence-corrected chi connectivity index (χ0v) is 13.9. The average Bonchev–Trinajstić information content (AvgIpc) is 3.15. The second-order valence-corrected chi connectivity index (χ2v) is 6.71. The van der Waals surface area contributed by atoms with Gasteiger partial charge in [0.25, 0.3) is 5.91 Å². The topological polar surface area (TPSA) is 70.5 Å². The molecule has 1 saturated heterocycles. The minimum absolute atomic E-state index is 0.00391. The van der Waals surface area contributed by atoms with Gasteiger partial charge in [-0.25, -0.2) is 9.78 Å². The van der Waals surface area contributed by atoms with Crippen molar-refractivity contribution in [2.75, 3.05) is 6.54 Å². The number of aromatic nitrogens is 1. The first kappa shape index (κ1) is 15.7. The van der Waals surface area contributed by atoms with Crippen LogP contribution in [0.1, 0.15) is 55.9 Å². The molecule has 6 heteroatoms. The summed E-state index contributed by atoms with van der Waals surface area (Å²) in [5, 5.41) is 12.2. The van der Waals surface area contributed by atoms with Crippen LogP contribution in [-0.2, 0) is 0 Å². The van der Waals surface area contributed by atoms with E-state index in [1.165, 1.54) is 6.07 Å². The number of carboxylic acids is 1. The van der Waals surface area contributed by atoms with Crippen LogP contribution in [0.5, 0.6) is 0 Å². The van der Waals surface area contributed by atoms with E-state index in [0.717, 1.165) is 23.5 Å². The Bertz CT molecular complexity index is 769. The van der Waals surface area contributed by atoms with Crippen LogP contribution in [0.3, 0.4) is 0 Å². The summed E-state index contributed by atoms with van der Waals surface area (Å²) in [5.41, 5.74) is 2.22. The van der Waals surface area contributed by atoms with Gasteiger partial charge in [0.2, 0.25) is 0 Å². The Hall–Kier alpha value is -2.21. The molecule has 0 radical (unpaired) electrons. The van der Waals surface area contributed by atoms with Gasteiger partial charge in [-0.2, -0.15) is 0 Å². The van der Waals surface area contributed by atoms with Crippen LogP contribution in [0.2, 0.25) is 0 Å². The predicted molar refractivity (Wildman–Crippen MR) is 88.0 cm³/mol. The minimum Gasteiger partial charge on any atom is -0.478 e. The maximum atomic E-state index is 12.8. The van der Waals surface area contributed by atoms with Crippen LogP contribution in [0.4, 0.5) is 0 Å². The average molecular weight is 330 g/mol. The Labute approximate surface area is 138 Å². The lowest BCUT2D eigenvalue weighted by Gasteiger charge is -2.23. The van der Waals surface area contributed by atoms with E-state index < -0.39 is 5.97 Å². The van der Waals surface area contributed by atoms with Gasteiger partial charge >= 0.3 is 5.97 Å². The molecular weight excluding hydrogens is 312 g/mol. The van der Waals surface area contributed by atoms with Gasteiger partial charge in [0.15, 0.2) is 0 Å². The number of carbonyl (C=O) groups excluding carboxylic acids is 1. The summed E-state index contributed by atoms with van der Waals surface area (Å²) < 4.78 is 0. The largest absolute Gasteiger partial charge is 0.478 e. The molecule has 1 aromatic carbocycles. The second-order valence-electron chi connectivity index (χ2n) is 5.82. The zero-order chi connectivity index (χ0) is 16.6. The molecule has 1 fully saturated rings. The summed E-state index contributed by atoms with van der Waals surface area (Å²) in [6.45, 7) is 4.35. The van der Waals surface area contributed by atoms with E-state index >= 15 is 0 Å². The number of nitrogens with zero attached hydrogens (tertiary/aromatic N) is 2. The highest BCUT2D eigenvalue weighted by atomic mass is 32.1. The number of likely N-dealkylation sites (tertiary alicyclic amines) is 1. The van der Waals surface area contributed by atoms with Gasteiger partial charge in [-0.05, 0) is 44.4 Å². The number of hydrogen-bond donors (Lipinski definition) is 1. The maximum Gasteiger partial charge on any atom is 0.335 e. The van der Waals surface area contributed by atoms with E-state index in [1.807, 2.05) is 17.2 Å². The van der Waals surface area contributed by atoms with Gasteiger partial charge in [-0.3, -0.25) is 4.79 Å². The SMILES string of the molecule is Cc1csc([C@H]2CCCN2C(=O)c2ccc(C)c(C(=O)O)c2)n1. The molecule has 1 amide bonds. The summed E-state index contributed by atoms with van der Waals surface area (Å²) in [4.78, 5) is 30.4. The Morgan fingerprint density at radius 3 is 2.78 bits per heavy atom. The van der Waals surface area contributed by atoms with Gasteiger partial charge in [0.05, 0.1) is 11.6 Å². The smallest absolute Gasteiger partial charge is 0.335 e. The predicted octanol–water partition coefficient (Wildman–Crippen LogP) is 3.44. The molecule has 2 heterocycles. The van der Waals surface area contributed by atoms with Crippen LogP contribution in [0, 0.1) is 13.8 Å². The van der Waals surface area contributed by atoms with Gasteiger partial charge in [0.1, 0.15) is 5.01 Å². The lowest BCUT2D eigenvalue weighted by Crippen LogP contribution is -2.30. The first-order valence-corrected chi connectivity index (χ1v) is 8.42. The van der Waals surface area contributed by atoms with Crippen LogP contribution in [0.15, 0.2) is 23.6 Å². The fraction of sp³-hybridized carbons (Fsp3) is 0.353. The maximum absolute atomic E-state index is 12.8. The number of thiazole rings is 1. The van der Waals surface area contributed by atoms with Gasteiger partial charge in [-0.1, -0.05) is 6.07 Å². The third-order valence-corrected chi connectivity index (χ3v) is 5.21. The summed E-state index contributed by atoms with van der Waals surface area (Å²) in [7, 11) is 0. The highest BCUT2D eigenvalue weighted by molar-refractivity contribution is 7.09. The van der Waals surface area contributed by atoms with Crippen molar-refractivity contribution in [2.45, 2.75) is 32.7 Å². The molecule has 0 spiro atoms. The molecule has 0 unspecified atom stereocenters. The number of aromatic carboxylic acids is 1. The van der Waals surface area contributed by atoms with Crippen LogP contribution >= 0.6 is 11.3 Å². The van der Waals surface area contributed by atoms with Crippen LogP contribution in [-0.4, -0.2) is 33.4 Å². The fourth-order valence-electron chi connectivity index (χ4n) is 2.94. The summed E-state index contributed by atoms with van der Waals surface area (Å²) in [6.07, 6.45) is 1.84. The Balaban J connectivity index is 1.90. The number of amides is 1. The molecule has 3 rings (SSSR count). The van der Waals surface area contributed by atoms with Crippen LogP contribution < -0.4 is 0 Å². The van der Waals surface area contributed by atoms with Crippen molar-refractivity contribution in [1.82, 2.24) is 9.88 Å². The molecule has 120 valence electrons. The molecule has 5 nitrogen and oxygen atoms in total. The summed E-state index contributed by atoms with van der Waals surface area (Å²) in [5.74, 6) is -1.13. The van der Waals surface area contributed by atoms with Crippen molar-refractivity contribution in [3.05, 3.63) is 51.0 Å². The van der Waals surface area contributed by atoms with Gasteiger partial charge < -0.3 is 10.0 Å². The quantitative estimate of drug-likeness (QED) is 0.936. The Morgan fingerprint density at radius 1 is 1.35 bits per heavy atom. The molecule has 1 N–H and O–H groups in total. The van der Waals surface area contributed by atoms with Crippen molar-refractivity contribution in [3.8, 4) is 0 Å². The van der Waals surface area contributed by atoms with Gasteiger partial charge in [0, 0.05) is 23.2 Å². The monoisotopic (exact) mass is 330 g/mol. The molecule has 1 aliphatic rings. The van der Waals surface area contributed by atoms with E-state index in [4.69, 9.17) is 0 Å². The van der Waals surface area contributed by atoms with E-state index in [-0.39, 0.29) is 17.5 Å². The third-order valence-electron chi connectivity index (χ3n) is 4.15. The summed E-state index contributed by atoms with van der Waals surface area (Å²) in [6, 6.07) is 4.86. The van der Waals surface area contributed by atoms with E-state index in [0.29, 0.717) is 17.7 Å². The lowest BCUT2D eigenvalue weighted by molar-refractivity contribution is 0.0696. The molecule has 1 aliphatic heterocycles. The molecule has 0 saturated carbocycles. The minimum atomic E-state index is -1.01. The van der Waals surface area contributed by atoms with Crippen molar-refractivity contribution < 1.29 is 14.7 Å². The van der Waals surface area contributed by atoms with Crippen molar-refractivity contribution in [1.29, 1.82) is 0 Å². The highest BCUT2D eigenvalue weighted by Crippen LogP contribution is 2.34. The molecule has 0 aliphatic carbocycles. The second kappa shape index (κ2) is 6.12. The fourth-order valence-corrected chi connectivity index (χ4v) is 3.89. The van der Waals surface area contributed by atoms with Gasteiger partial charge in [-0.15, -0.1) is 11.3 Å².